The zero-order valence-electron chi connectivity index (χ0n) is 9.81. The van der Waals surface area contributed by atoms with E-state index in [-0.39, 0.29) is 18.7 Å². The number of aryl methyl sites for hydroxylation is 2. The lowest BCUT2D eigenvalue weighted by Gasteiger charge is -1.99. The molecule has 0 spiro atoms. The van der Waals surface area contributed by atoms with Crippen LogP contribution in [0.3, 0.4) is 0 Å². The van der Waals surface area contributed by atoms with E-state index in [1.807, 2.05) is 0 Å². The molecule has 1 N–H and O–H groups in total. The Hall–Kier alpha value is -2.17. The van der Waals surface area contributed by atoms with E-state index in [4.69, 9.17) is 9.52 Å². The van der Waals surface area contributed by atoms with Crippen molar-refractivity contribution in [2.24, 2.45) is 0 Å². The number of carboxylic acids is 1. The normalized spacial score (nSPS) is 10.6. The van der Waals surface area contributed by atoms with Crippen LogP contribution >= 0.6 is 0 Å². The molecule has 1 heterocycles. The van der Waals surface area contributed by atoms with Gasteiger partial charge in [0.25, 0.3) is 0 Å². The van der Waals surface area contributed by atoms with E-state index >= 15 is 0 Å². The molecule has 0 aliphatic rings. The van der Waals surface area contributed by atoms with Gasteiger partial charge in [0.15, 0.2) is 5.89 Å². The molecular weight excluding hydrogens is 237 g/mol. The largest absolute Gasteiger partial charge is 0.481 e. The van der Waals surface area contributed by atoms with Crippen LogP contribution in [0.2, 0.25) is 0 Å². The third-order valence-corrected chi connectivity index (χ3v) is 2.49. The van der Waals surface area contributed by atoms with Gasteiger partial charge < -0.3 is 9.52 Å². The van der Waals surface area contributed by atoms with Crippen molar-refractivity contribution in [3.8, 4) is 11.3 Å². The molecule has 2 aromatic rings. The fourth-order valence-electron chi connectivity index (χ4n) is 1.69. The summed E-state index contributed by atoms with van der Waals surface area (Å²) in [5.74, 6) is -0.239. The van der Waals surface area contributed by atoms with E-state index < -0.39 is 5.97 Å². The van der Waals surface area contributed by atoms with Gasteiger partial charge in [0, 0.05) is 18.9 Å². The molecule has 5 heteroatoms. The van der Waals surface area contributed by atoms with Crippen LogP contribution in [0.4, 0.5) is 4.39 Å². The van der Waals surface area contributed by atoms with Gasteiger partial charge in [-0.3, -0.25) is 4.79 Å². The number of aromatic nitrogens is 1. The number of hydrogen-bond acceptors (Lipinski definition) is 3. The van der Waals surface area contributed by atoms with Crippen molar-refractivity contribution in [2.45, 2.75) is 19.8 Å². The van der Waals surface area contributed by atoms with Gasteiger partial charge >= 0.3 is 5.97 Å². The Labute approximate surface area is 103 Å². The van der Waals surface area contributed by atoms with Gasteiger partial charge in [0.1, 0.15) is 17.3 Å². The number of carboxylic acid groups (broad SMARTS) is 1. The van der Waals surface area contributed by atoms with Gasteiger partial charge in [-0.25, -0.2) is 9.37 Å². The van der Waals surface area contributed by atoms with Crippen molar-refractivity contribution >= 4 is 5.97 Å². The molecule has 0 bridgehead atoms. The van der Waals surface area contributed by atoms with Crippen molar-refractivity contribution in [1.82, 2.24) is 4.98 Å². The summed E-state index contributed by atoms with van der Waals surface area (Å²) in [6, 6.07) is 5.86. The number of benzene rings is 1. The van der Waals surface area contributed by atoms with E-state index in [2.05, 4.69) is 4.98 Å². The summed E-state index contributed by atoms with van der Waals surface area (Å²) in [6.07, 6.45) is 0.242. The number of hydrogen-bond donors (Lipinski definition) is 1. The van der Waals surface area contributed by atoms with Crippen LogP contribution in [0, 0.1) is 12.7 Å². The lowest BCUT2D eigenvalue weighted by atomic mass is 10.1. The maximum Gasteiger partial charge on any atom is 0.303 e. The molecule has 0 aliphatic carbocycles. The van der Waals surface area contributed by atoms with Gasteiger partial charge in [0.2, 0.25) is 0 Å². The maximum atomic E-state index is 12.8. The smallest absolute Gasteiger partial charge is 0.303 e. The van der Waals surface area contributed by atoms with Gasteiger partial charge in [-0.2, -0.15) is 0 Å². The molecule has 94 valence electrons. The van der Waals surface area contributed by atoms with Gasteiger partial charge in [0.05, 0.1) is 6.42 Å². The molecule has 0 atom stereocenters. The Balaban J connectivity index is 2.31. The Morgan fingerprint density at radius 1 is 1.39 bits per heavy atom. The lowest BCUT2D eigenvalue weighted by molar-refractivity contribution is -0.137. The van der Waals surface area contributed by atoms with Gasteiger partial charge in [-0.1, -0.05) is 0 Å². The standard InChI is InChI=1S/C13H12FNO3/c1-8-15-13(9-2-4-10(14)5-3-9)11(18-8)6-7-12(16)17/h2-5H,6-7H2,1H3,(H,16,17). The SMILES string of the molecule is Cc1nc(-c2ccc(F)cc2)c(CCC(=O)O)o1. The van der Waals surface area contributed by atoms with E-state index in [1.165, 1.54) is 12.1 Å². The topological polar surface area (TPSA) is 63.3 Å². The first-order chi connectivity index (χ1) is 8.56. The number of rotatable bonds is 4. The zero-order valence-corrected chi connectivity index (χ0v) is 9.81. The number of aliphatic carboxylic acids is 1. The highest BCUT2D eigenvalue weighted by Crippen LogP contribution is 2.25. The molecule has 0 radical (unpaired) electrons. The Bertz CT molecular complexity index is 560. The summed E-state index contributed by atoms with van der Waals surface area (Å²) in [5, 5.41) is 8.67. The zero-order chi connectivity index (χ0) is 13.1. The third kappa shape index (κ3) is 2.74. The highest BCUT2D eigenvalue weighted by atomic mass is 19.1. The first-order valence-electron chi connectivity index (χ1n) is 5.50. The first kappa shape index (κ1) is 12.3. The molecule has 4 nitrogen and oxygen atoms in total. The fraction of sp³-hybridized carbons (Fsp3) is 0.231. The fourth-order valence-corrected chi connectivity index (χ4v) is 1.69. The summed E-state index contributed by atoms with van der Waals surface area (Å²) < 4.78 is 18.2. The monoisotopic (exact) mass is 249 g/mol. The Morgan fingerprint density at radius 3 is 2.67 bits per heavy atom. The molecule has 2 rings (SSSR count). The summed E-state index contributed by atoms with van der Waals surface area (Å²) in [5.41, 5.74) is 1.29. The maximum absolute atomic E-state index is 12.8. The van der Waals surface area contributed by atoms with Crippen LogP contribution in [0.25, 0.3) is 11.3 Å². The Morgan fingerprint density at radius 2 is 2.06 bits per heavy atom. The molecule has 1 aromatic heterocycles. The highest BCUT2D eigenvalue weighted by Gasteiger charge is 2.14. The van der Waals surface area contributed by atoms with Gasteiger partial charge in [-0.05, 0) is 24.3 Å². The summed E-state index contributed by atoms with van der Waals surface area (Å²) in [7, 11) is 0. The molecule has 1 aromatic carbocycles. The predicted molar refractivity (Wildman–Crippen MR) is 62.6 cm³/mol. The Kier molecular flexibility index (Phi) is 3.41. The second-order valence-electron chi connectivity index (χ2n) is 3.91. The minimum absolute atomic E-state index is 0.0250. The van der Waals surface area contributed by atoms with Crippen LogP contribution in [-0.2, 0) is 11.2 Å². The molecule has 0 saturated carbocycles. The first-order valence-corrected chi connectivity index (χ1v) is 5.50. The molecule has 0 fully saturated rings. The van der Waals surface area contributed by atoms with Crippen molar-refractivity contribution in [1.29, 1.82) is 0 Å². The summed E-state index contributed by atoms with van der Waals surface area (Å²) >= 11 is 0. The molecule has 0 aliphatic heterocycles. The van der Waals surface area contributed by atoms with Crippen molar-refractivity contribution in [2.75, 3.05) is 0 Å². The second kappa shape index (κ2) is 5.00. The second-order valence-corrected chi connectivity index (χ2v) is 3.91. The van der Waals surface area contributed by atoms with Crippen LogP contribution in [0.1, 0.15) is 18.1 Å². The van der Waals surface area contributed by atoms with Gasteiger partial charge in [-0.15, -0.1) is 0 Å². The predicted octanol–water partition coefficient (Wildman–Crippen LogP) is 2.81. The van der Waals surface area contributed by atoms with E-state index in [0.717, 1.165) is 0 Å². The number of oxazole rings is 1. The average molecular weight is 249 g/mol. The van der Waals surface area contributed by atoms with E-state index in [9.17, 15) is 9.18 Å². The van der Waals surface area contributed by atoms with Crippen molar-refractivity contribution in [3.63, 3.8) is 0 Å². The summed E-state index contributed by atoms with van der Waals surface area (Å²) in [4.78, 5) is 14.8. The summed E-state index contributed by atoms with van der Waals surface area (Å²) in [6.45, 7) is 1.69. The van der Waals surface area contributed by atoms with Crippen LogP contribution in [-0.4, -0.2) is 16.1 Å². The quantitative estimate of drug-likeness (QED) is 0.904. The van der Waals surface area contributed by atoms with E-state index in [0.29, 0.717) is 22.9 Å². The number of nitrogens with zero attached hydrogens (tertiary/aromatic N) is 1. The third-order valence-electron chi connectivity index (χ3n) is 2.49. The number of halogens is 1. The molecule has 0 unspecified atom stereocenters. The lowest BCUT2D eigenvalue weighted by Crippen LogP contribution is -1.97. The number of carbonyl (C=O) groups is 1. The average Bonchev–Trinajstić information content (AvgIpc) is 2.69. The molecule has 0 amide bonds. The highest BCUT2D eigenvalue weighted by molar-refractivity contribution is 5.68. The van der Waals surface area contributed by atoms with Crippen molar-refractivity contribution in [3.05, 3.63) is 41.7 Å². The van der Waals surface area contributed by atoms with Crippen molar-refractivity contribution < 1.29 is 18.7 Å². The van der Waals surface area contributed by atoms with Crippen LogP contribution < -0.4 is 0 Å². The minimum atomic E-state index is -0.894. The molecule has 0 saturated heterocycles. The van der Waals surface area contributed by atoms with Crippen LogP contribution in [0.15, 0.2) is 28.7 Å². The molecular formula is C13H12FNO3. The molecule has 18 heavy (non-hydrogen) atoms. The van der Waals surface area contributed by atoms with Crippen LogP contribution in [0.5, 0.6) is 0 Å². The minimum Gasteiger partial charge on any atom is -0.481 e. The van der Waals surface area contributed by atoms with E-state index in [1.54, 1.807) is 19.1 Å².